The second kappa shape index (κ2) is 4.79. The van der Waals surface area contributed by atoms with Gasteiger partial charge in [0.2, 0.25) is 5.91 Å². The number of carboxylic acids is 1. The van der Waals surface area contributed by atoms with E-state index in [-0.39, 0.29) is 17.1 Å². The zero-order chi connectivity index (χ0) is 12.4. The van der Waals surface area contributed by atoms with Gasteiger partial charge in [0.25, 0.3) is 0 Å². The van der Waals surface area contributed by atoms with Gasteiger partial charge >= 0.3 is 5.97 Å². The Morgan fingerprint density at radius 3 is 2.47 bits per heavy atom. The smallest absolute Gasteiger partial charge is 0.307 e. The van der Waals surface area contributed by atoms with Gasteiger partial charge in [-0.05, 0) is 30.7 Å². The predicted molar refractivity (Wildman–Crippen MR) is 66.1 cm³/mol. The lowest BCUT2D eigenvalue weighted by Crippen LogP contribution is -2.05. The molecule has 2 N–H and O–H groups in total. The van der Waals surface area contributed by atoms with E-state index >= 15 is 0 Å². The first kappa shape index (κ1) is 12.0. The Balaban J connectivity index is 1.91. The van der Waals surface area contributed by atoms with Gasteiger partial charge in [0, 0.05) is 22.8 Å². The molecule has 1 aromatic carbocycles. The van der Waals surface area contributed by atoms with Gasteiger partial charge in [-0.2, -0.15) is 0 Å². The lowest BCUT2D eigenvalue weighted by Gasteiger charge is -2.03. The second-order valence-electron chi connectivity index (χ2n) is 4.04. The lowest BCUT2D eigenvalue weighted by atomic mass is 10.3. The van der Waals surface area contributed by atoms with Crippen molar-refractivity contribution in [3.05, 3.63) is 24.3 Å². The van der Waals surface area contributed by atoms with Gasteiger partial charge in [0.15, 0.2) is 0 Å². The molecular formula is C12H13NO3S. The van der Waals surface area contributed by atoms with E-state index in [1.807, 2.05) is 24.3 Å². The molecule has 90 valence electrons. The molecule has 1 saturated carbocycles. The average molecular weight is 251 g/mol. The number of amides is 1. The van der Waals surface area contributed by atoms with Gasteiger partial charge in [-0.25, -0.2) is 0 Å². The van der Waals surface area contributed by atoms with Crippen molar-refractivity contribution in [2.24, 2.45) is 5.92 Å². The highest BCUT2D eigenvalue weighted by atomic mass is 32.2. The van der Waals surface area contributed by atoms with E-state index < -0.39 is 5.97 Å². The number of anilines is 1. The summed E-state index contributed by atoms with van der Waals surface area (Å²) < 4.78 is 0. The number of hydrogen-bond acceptors (Lipinski definition) is 3. The monoisotopic (exact) mass is 251 g/mol. The van der Waals surface area contributed by atoms with E-state index in [0.29, 0.717) is 0 Å². The molecule has 17 heavy (non-hydrogen) atoms. The molecule has 0 radical (unpaired) electrons. The zero-order valence-corrected chi connectivity index (χ0v) is 10.2. The summed E-state index contributed by atoms with van der Waals surface area (Å²) >= 11 is 1.58. The van der Waals surface area contributed by atoms with Crippen LogP contribution < -0.4 is 5.32 Å². The number of benzene rings is 1. The first-order valence-corrected chi connectivity index (χ1v) is 6.21. The van der Waals surface area contributed by atoms with Crippen molar-refractivity contribution in [3.8, 4) is 0 Å². The molecule has 0 bridgehead atoms. The van der Waals surface area contributed by atoms with Crippen LogP contribution in [0.15, 0.2) is 29.2 Å². The van der Waals surface area contributed by atoms with Crippen molar-refractivity contribution in [3.63, 3.8) is 0 Å². The van der Waals surface area contributed by atoms with Crippen molar-refractivity contribution >= 4 is 29.3 Å². The molecule has 0 aromatic heterocycles. The molecule has 0 aliphatic heterocycles. The maximum absolute atomic E-state index is 10.8. The van der Waals surface area contributed by atoms with Crippen LogP contribution in [0.2, 0.25) is 0 Å². The van der Waals surface area contributed by atoms with Crippen molar-refractivity contribution < 1.29 is 14.7 Å². The van der Waals surface area contributed by atoms with Crippen LogP contribution in [0.4, 0.5) is 5.69 Å². The largest absolute Gasteiger partial charge is 0.481 e. The van der Waals surface area contributed by atoms with Crippen LogP contribution in [0.1, 0.15) is 13.3 Å². The van der Waals surface area contributed by atoms with Crippen LogP contribution in [0, 0.1) is 5.92 Å². The molecule has 0 spiro atoms. The summed E-state index contributed by atoms with van der Waals surface area (Å²) in [4.78, 5) is 22.5. The molecular weight excluding hydrogens is 238 g/mol. The summed E-state index contributed by atoms with van der Waals surface area (Å²) in [6, 6.07) is 7.43. The quantitative estimate of drug-likeness (QED) is 0.861. The normalized spacial score (nSPS) is 21.9. The molecule has 2 unspecified atom stereocenters. The molecule has 4 nitrogen and oxygen atoms in total. The van der Waals surface area contributed by atoms with E-state index in [2.05, 4.69) is 5.32 Å². The Labute approximate surface area is 103 Å². The maximum atomic E-state index is 10.8. The number of thioether (sulfide) groups is 1. The fourth-order valence-electron chi connectivity index (χ4n) is 1.56. The Morgan fingerprint density at radius 2 is 2.00 bits per heavy atom. The molecule has 1 aromatic rings. The Kier molecular flexibility index (Phi) is 3.38. The third-order valence-corrected chi connectivity index (χ3v) is 3.88. The van der Waals surface area contributed by atoms with Crippen molar-refractivity contribution in [1.82, 2.24) is 0 Å². The minimum absolute atomic E-state index is 0.0986. The Hall–Kier alpha value is -1.49. The van der Waals surface area contributed by atoms with Gasteiger partial charge < -0.3 is 10.4 Å². The summed E-state index contributed by atoms with van der Waals surface area (Å²) in [5.41, 5.74) is 0.757. The first-order valence-electron chi connectivity index (χ1n) is 5.33. The number of carboxylic acid groups (broad SMARTS) is 1. The minimum atomic E-state index is -0.711. The number of carbonyl (C=O) groups is 2. The molecule has 2 rings (SSSR count). The number of hydrogen-bond donors (Lipinski definition) is 2. The van der Waals surface area contributed by atoms with Crippen LogP contribution in [-0.4, -0.2) is 22.2 Å². The molecule has 0 heterocycles. The third kappa shape index (κ3) is 3.23. The Bertz CT molecular complexity index is 444. The standard InChI is InChI=1S/C12H13NO3S/c1-7(14)13-8-2-4-9(5-3-8)17-11-6-10(11)12(15)16/h2-5,10-11H,6H2,1H3,(H,13,14)(H,15,16). The Morgan fingerprint density at radius 1 is 1.35 bits per heavy atom. The average Bonchev–Trinajstić information content (AvgIpc) is 3.00. The van der Waals surface area contributed by atoms with E-state index in [9.17, 15) is 9.59 Å². The highest BCUT2D eigenvalue weighted by molar-refractivity contribution is 8.00. The third-order valence-electron chi connectivity index (χ3n) is 2.51. The van der Waals surface area contributed by atoms with Crippen LogP contribution in [0.3, 0.4) is 0 Å². The van der Waals surface area contributed by atoms with Crippen LogP contribution in [0.25, 0.3) is 0 Å². The maximum Gasteiger partial charge on any atom is 0.307 e. The van der Waals surface area contributed by atoms with Gasteiger partial charge in [-0.15, -0.1) is 11.8 Å². The van der Waals surface area contributed by atoms with E-state index in [1.54, 1.807) is 11.8 Å². The van der Waals surface area contributed by atoms with E-state index in [1.165, 1.54) is 6.92 Å². The van der Waals surface area contributed by atoms with Gasteiger partial charge in [0.05, 0.1) is 5.92 Å². The van der Waals surface area contributed by atoms with Crippen molar-refractivity contribution in [2.45, 2.75) is 23.5 Å². The minimum Gasteiger partial charge on any atom is -0.481 e. The van der Waals surface area contributed by atoms with Crippen molar-refractivity contribution in [1.29, 1.82) is 0 Å². The summed E-state index contributed by atoms with van der Waals surface area (Å²) in [5, 5.41) is 11.7. The number of carbonyl (C=O) groups excluding carboxylic acids is 1. The summed E-state index contributed by atoms with van der Waals surface area (Å²) in [5.74, 6) is -1.01. The number of aliphatic carboxylic acids is 1. The first-order chi connectivity index (χ1) is 8.06. The molecule has 1 fully saturated rings. The van der Waals surface area contributed by atoms with E-state index in [4.69, 9.17) is 5.11 Å². The zero-order valence-electron chi connectivity index (χ0n) is 9.34. The van der Waals surface area contributed by atoms with Gasteiger partial charge in [0.1, 0.15) is 0 Å². The predicted octanol–water partition coefficient (Wildman–Crippen LogP) is 2.21. The summed E-state index contributed by atoms with van der Waals surface area (Å²) in [6.07, 6.45) is 0.743. The lowest BCUT2D eigenvalue weighted by molar-refractivity contribution is -0.138. The fourth-order valence-corrected chi connectivity index (χ4v) is 2.78. The van der Waals surface area contributed by atoms with Gasteiger partial charge in [-0.1, -0.05) is 0 Å². The number of nitrogens with one attached hydrogen (secondary N) is 1. The van der Waals surface area contributed by atoms with Gasteiger partial charge in [-0.3, -0.25) is 9.59 Å². The van der Waals surface area contributed by atoms with Crippen LogP contribution in [-0.2, 0) is 9.59 Å². The SMILES string of the molecule is CC(=O)Nc1ccc(SC2CC2C(=O)O)cc1. The van der Waals surface area contributed by atoms with Crippen LogP contribution >= 0.6 is 11.8 Å². The molecule has 0 saturated heterocycles. The topological polar surface area (TPSA) is 66.4 Å². The summed E-state index contributed by atoms with van der Waals surface area (Å²) in [6.45, 7) is 1.46. The molecule has 1 aliphatic carbocycles. The number of rotatable bonds is 4. The molecule has 1 aliphatic rings. The highest BCUT2D eigenvalue weighted by Gasteiger charge is 2.43. The molecule has 5 heteroatoms. The van der Waals surface area contributed by atoms with Crippen molar-refractivity contribution in [2.75, 3.05) is 5.32 Å². The van der Waals surface area contributed by atoms with Crippen LogP contribution in [0.5, 0.6) is 0 Å². The summed E-state index contributed by atoms with van der Waals surface area (Å²) in [7, 11) is 0. The van der Waals surface area contributed by atoms with E-state index in [0.717, 1.165) is 17.0 Å². The molecule has 1 amide bonds. The molecule has 2 atom stereocenters. The second-order valence-corrected chi connectivity index (χ2v) is 5.35. The fraction of sp³-hybridized carbons (Fsp3) is 0.333. The highest BCUT2D eigenvalue weighted by Crippen LogP contribution is 2.45.